The number of halogens is 1. The number of aromatic nitrogens is 2. The fourth-order valence-electron chi connectivity index (χ4n) is 3.00. The molecule has 0 fully saturated rings. The number of ether oxygens (including phenoxy) is 1. The maximum Gasteiger partial charge on any atom is 0.373 e. The topological polar surface area (TPSA) is 74.3 Å². The predicted molar refractivity (Wildman–Crippen MR) is 116 cm³/mol. The number of carbonyl (C=O) groups is 1. The highest BCUT2D eigenvalue weighted by Gasteiger charge is 2.15. The molecule has 0 aliphatic heterocycles. The van der Waals surface area contributed by atoms with Crippen LogP contribution in [-0.2, 0) is 17.0 Å². The van der Waals surface area contributed by atoms with Gasteiger partial charge >= 0.3 is 5.97 Å². The van der Waals surface area contributed by atoms with Crippen LogP contribution in [0.4, 0.5) is 0 Å². The first kappa shape index (κ1) is 20.3. The van der Waals surface area contributed by atoms with E-state index in [0.29, 0.717) is 39.1 Å². The first-order valence-corrected chi connectivity index (χ1v) is 10.5. The standard InChI is InChI=1S/C22H17ClN2O4S/c1-28-21(27)19-11-10-15(29-19)13-30-22-24-18-9-5-3-7-16(18)20(26)25(22)12-14-6-2-4-8-17(14)23/h2-11H,12-13H2,1H3. The second-order valence-corrected chi connectivity index (χ2v) is 7.79. The van der Waals surface area contributed by atoms with Crippen molar-refractivity contribution in [2.45, 2.75) is 17.5 Å². The molecule has 0 radical (unpaired) electrons. The Kier molecular flexibility index (Phi) is 5.92. The van der Waals surface area contributed by atoms with E-state index < -0.39 is 5.97 Å². The minimum atomic E-state index is -0.536. The number of benzene rings is 2. The maximum atomic E-state index is 13.2. The number of methoxy groups -OCH3 is 1. The fraction of sp³-hybridized carbons (Fsp3) is 0.136. The Balaban J connectivity index is 1.70. The first-order chi connectivity index (χ1) is 14.6. The Morgan fingerprint density at radius 3 is 2.70 bits per heavy atom. The Morgan fingerprint density at radius 1 is 1.13 bits per heavy atom. The second-order valence-electron chi connectivity index (χ2n) is 6.44. The first-order valence-electron chi connectivity index (χ1n) is 9.09. The minimum absolute atomic E-state index is 0.132. The van der Waals surface area contributed by atoms with Crippen molar-refractivity contribution < 1.29 is 13.9 Å². The van der Waals surface area contributed by atoms with Gasteiger partial charge < -0.3 is 9.15 Å². The number of esters is 1. The van der Waals surface area contributed by atoms with Gasteiger partial charge in [0.05, 0.1) is 30.3 Å². The second kappa shape index (κ2) is 8.77. The van der Waals surface area contributed by atoms with Crippen molar-refractivity contribution in [3.05, 3.63) is 93.1 Å². The third kappa shape index (κ3) is 4.13. The van der Waals surface area contributed by atoms with Crippen LogP contribution in [-0.4, -0.2) is 22.6 Å². The van der Waals surface area contributed by atoms with Crippen molar-refractivity contribution in [1.82, 2.24) is 9.55 Å². The molecule has 0 unspecified atom stereocenters. The molecule has 0 aliphatic carbocycles. The molecule has 8 heteroatoms. The Morgan fingerprint density at radius 2 is 1.90 bits per heavy atom. The number of para-hydroxylation sites is 1. The van der Waals surface area contributed by atoms with Crippen LogP contribution in [0.2, 0.25) is 5.02 Å². The molecule has 6 nitrogen and oxygen atoms in total. The van der Waals surface area contributed by atoms with Gasteiger partial charge in [-0.1, -0.05) is 53.7 Å². The van der Waals surface area contributed by atoms with Gasteiger partial charge in [-0.05, 0) is 35.9 Å². The third-order valence-electron chi connectivity index (χ3n) is 4.50. The molecule has 2 heterocycles. The smallest absolute Gasteiger partial charge is 0.373 e. The van der Waals surface area contributed by atoms with Gasteiger partial charge in [0.15, 0.2) is 5.16 Å². The SMILES string of the molecule is COC(=O)c1ccc(CSc2nc3ccccc3c(=O)n2Cc2ccccc2Cl)o1. The largest absolute Gasteiger partial charge is 0.463 e. The minimum Gasteiger partial charge on any atom is -0.463 e. The molecule has 30 heavy (non-hydrogen) atoms. The molecular weight excluding hydrogens is 424 g/mol. The highest BCUT2D eigenvalue weighted by Crippen LogP contribution is 2.25. The summed E-state index contributed by atoms with van der Waals surface area (Å²) in [6.45, 7) is 0.296. The summed E-state index contributed by atoms with van der Waals surface area (Å²) in [5, 5.41) is 1.66. The molecule has 0 aliphatic rings. The molecule has 4 rings (SSSR count). The van der Waals surface area contributed by atoms with Crippen LogP contribution in [0.15, 0.2) is 75.0 Å². The lowest BCUT2D eigenvalue weighted by Crippen LogP contribution is -2.24. The summed E-state index contributed by atoms with van der Waals surface area (Å²) in [5.41, 5.74) is 1.30. The zero-order chi connectivity index (χ0) is 21.1. The Bertz CT molecular complexity index is 1280. The highest BCUT2D eigenvalue weighted by atomic mass is 35.5. The van der Waals surface area contributed by atoms with Crippen LogP contribution in [0.5, 0.6) is 0 Å². The van der Waals surface area contributed by atoms with Crippen molar-refractivity contribution in [3.8, 4) is 0 Å². The van der Waals surface area contributed by atoms with Crippen molar-refractivity contribution >= 4 is 40.2 Å². The van der Waals surface area contributed by atoms with Crippen molar-refractivity contribution in [3.63, 3.8) is 0 Å². The number of fused-ring (bicyclic) bond motifs is 1. The fourth-order valence-corrected chi connectivity index (χ4v) is 4.08. The molecule has 0 amide bonds. The lowest BCUT2D eigenvalue weighted by molar-refractivity contribution is 0.0563. The average Bonchev–Trinajstić information content (AvgIpc) is 3.24. The summed E-state index contributed by atoms with van der Waals surface area (Å²) >= 11 is 7.66. The summed E-state index contributed by atoms with van der Waals surface area (Å²) in [5.74, 6) is 0.565. The van der Waals surface area contributed by atoms with Gasteiger partial charge in [0.2, 0.25) is 5.76 Å². The van der Waals surface area contributed by atoms with Gasteiger partial charge in [0, 0.05) is 5.02 Å². The highest BCUT2D eigenvalue weighted by molar-refractivity contribution is 7.98. The number of thioether (sulfide) groups is 1. The molecular formula is C22H17ClN2O4S. The lowest BCUT2D eigenvalue weighted by atomic mass is 10.2. The number of rotatable bonds is 6. The van der Waals surface area contributed by atoms with E-state index in [1.54, 1.807) is 28.8 Å². The molecule has 0 saturated heterocycles. The quantitative estimate of drug-likeness (QED) is 0.244. The molecule has 0 atom stereocenters. The molecule has 2 aromatic heterocycles. The molecule has 4 aromatic rings. The van der Waals surface area contributed by atoms with Crippen LogP contribution >= 0.6 is 23.4 Å². The molecule has 0 N–H and O–H groups in total. The van der Waals surface area contributed by atoms with E-state index in [1.807, 2.05) is 36.4 Å². The monoisotopic (exact) mass is 440 g/mol. The molecule has 152 valence electrons. The normalized spacial score (nSPS) is 11.0. The van der Waals surface area contributed by atoms with Crippen molar-refractivity contribution in [1.29, 1.82) is 0 Å². The number of nitrogens with zero attached hydrogens (tertiary/aromatic N) is 2. The van der Waals surface area contributed by atoms with Gasteiger partial charge in [-0.3, -0.25) is 9.36 Å². The number of furan rings is 1. The van der Waals surface area contributed by atoms with Crippen LogP contribution in [0, 0.1) is 0 Å². The van der Waals surface area contributed by atoms with Crippen LogP contribution in [0.1, 0.15) is 21.9 Å². The molecule has 0 bridgehead atoms. The summed E-state index contributed by atoms with van der Waals surface area (Å²) in [6, 6.07) is 17.9. The lowest BCUT2D eigenvalue weighted by Gasteiger charge is -2.13. The number of hydrogen-bond acceptors (Lipinski definition) is 6. The molecule has 0 spiro atoms. The predicted octanol–water partition coefficient (Wildman–Crippen LogP) is 4.77. The summed E-state index contributed by atoms with van der Waals surface area (Å²) in [6.07, 6.45) is 0. The Labute approximate surface area is 181 Å². The van der Waals surface area contributed by atoms with Gasteiger partial charge in [-0.25, -0.2) is 9.78 Å². The van der Waals surface area contributed by atoms with Gasteiger partial charge in [0.25, 0.3) is 5.56 Å². The van der Waals surface area contributed by atoms with E-state index in [1.165, 1.54) is 18.9 Å². The van der Waals surface area contributed by atoms with Crippen molar-refractivity contribution in [2.75, 3.05) is 7.11 Å². The van der Waals surface area contributed by atoms with Crippen LogP contribution < -0.4 is 5.56 Å². The number of hydrogen-bond donors (Lipinski definition) is 0. The maximum absolute atomic E-state index is 13.2. The number of carbonyl (C=O) groups excluding carboxylic acids is 1. The summed E-state index contributed by atoms with van der Waals surface area (Å²) in [4.78, 5) is 29.5. The van der Waals surface area contributed by atoms with E-state index in [9.17, 15) is 9.59 Å². The van der Waals surface area contributed by atoms with E-state index >= 15 is 0 Å². The molecule has 2 aromatic carbocycles. The zero-order valence-electron chi connectivity index (χ0n) is 16.0. The van der Waals surface area contributed by atoms with Gasteiger partial charge in [-0.15, -0.1) is 0 Å². The van der Waals surface area contributed by atoms with E-state index in [4.69, 9.17) is 16.0 Å². The Hall–Kier alpha value is -3.03. The van der Waals surface area contributed by atoms with Crippen LogP contribution in [0.3, 0.4) is 0 Å². The zero-order valence-corrected chi connectivity index (χ0v) is 17.6. The van der Waals surface area contributed by atoms with E-state index in [-0.39, 0.29) is 11.3 Å². The van der Waals surface area contributed by atoms with Gasteiger partial charge in [-0.2, -0.15) is 0 Å². The van der Waals surface area contributed by atoms with E-state index in [2.05, 4.69) is 9.72 Å². The third-order valence-corrected chi connectivity index (χ3v) is 5.87. The molecule has 0 saturated carbocycles. The van der Waals surface area contributed by atoms with E-state index in [0.717, 1.165) is 5.56 Å². The summed E-state index contributed by atoms with van der Waals surface area (Å²) < 4.78 is 11.8. The average molecular weight is 441 g/mol. The van der Waals surface area contributed by atoms with Crippen molar-refractivity contribution in [2.24, 2.45) is 0 Å². The summed E-state index contributed by atoms with van der Waals surface area (Å²) in [7, 11) is 1.30. The van der Waals surface area contributed by atoms with Gasteiger partial charge in [0.1, 0.15) is 5.76 Å². The van der Waals surface area contributed by atoms with Crippen LogP contribution in [0.25, 0.3) is 10.9 Å².